The Bertz CT molecular complexity index is 896. The second-order valence-electron chi connectivity index (χ2n) is 5.48. The zero-order chi connectivity index (χ0) is 20.1. The van der Waals surface area contributed by atoms with Crippen LogP contribution in [-0.2, 0) is 4.79 Å². The first-order valence-corrected chi connectivity index (χ1v) is 7.55. The highest BCUT2D eigenvalue weighted by Crippen LogP contribution is 2.25. The van der Waals surface area contributed by atoms with Gasteiger partial charge in [-0.3, -0.25) is 9.59 Å². The quantitative estimate of drug-likeness (QED) is 0.348. The van der Waals surface area contributed by atoms with E-state index in [1.807, 2.05) is 0 Å². The molecule has 2 aromatic carbocycles. The van der Waals surface area contributed by atoms with E-state index in [0.29, 0.717) is 0 Å². The van der Waals surface area contributed by atoms with Crippen molar-refractivity contribution in [3.63, 3.8) is 0 Å². The molecule has 1 atom stereocenters. The first-order chi connectivity index (χ1) is 12.7. The average Bonchev–Trinajstić information content (AvgIpc) is 2.62. The van der Waals surface area contributed by atoms with Crippen LogP contribution in [0.25, 0.3) is 0 Å². The summed E-state index contributed by atoms with van der Waals surface area (Å²) in [7, 11) is 0. The van der Waals surface area contributed by atoms with Gasteiger partial charge in [0, 0.05) is 17.7 Å². The van der Waals surface area contributed by atoms with Crippen molar-refractivity contribution in [2.75, 3.05) is 6.54 Å². The molecule has 1 unspecified atom stereocenters. The van der Waals surface area contributed by atoms with E-state index in [0.717, 1.165) is 24.3 Å². The first kappa shape index (κ1) is 19.4. The summed E-state index contributed by atoms with van der Waals surface area (Å²) in [5.74, 6) is -4.90. The molecule has 10 heteroatoms. The minimum atomic E-state index is -1.48. The van der Waals surface area contributed by atoms with E-state index in [1.54, 1.807) is 0 Å². The zero-order valence-corrected chi connectivity index (χ0v) is 13.7. The number of benzene rings is 2. The van der Waals surface area contributed by atoms with Crippen LogP contribution in [0.1, 0.15) is 20.7 Å². The predicted octanol–water partition coefficient (Wildman–Crippen LogP) is 0.122. The second-order valence-corrected chi connectivity index (χ2v) is 5.48. The molecule has 0 aliphatic heterocycles. The van der Waals surface area contributed by atoms with Crippen molar-refractivity contribution in [3.8, 4) is 23.0 Å². The number of carboxylic acid groups (broad SMARTS) is 1. The van der Waals surface area contributed by atoms with Crippen LogP contribution in [0, 0.1) is 0 Å². The summed E-state index contributed by atoms with van der Waals surface area (Å²) in [6.07, 6.45) is 0. The highest BCUT2D eigenvalue weighted by Gasteiger charge is 2.22. The maximum Gasteiger partial charge on any atom is 0.328 e. The molecular formula is C17H16N2O8. The number of amides is 2. The highest BCUT2D eigenvalue weighted by molar-refractivity contribution is 5.98. The van der Waals surface area contributed by atoms with Crippen LogP contribution in [0.4, 0.5) is 0 Å². The number of rotatable bonds is 6. The van der Waals surface area contributed by atoms with Gasteiger partial charge in [0.25, 0.3) is 11.8 Å². The number of carbonyl (C=O) groups excluding carboxylic acids is 2. The second kappa shape index (κ2) is 7.95. The number of hydrogen-bond donors (Lipinski definition) is 7. The molecule has 142 valence electrons. The lowest BCUT2D eigenvalue weighted by atomic mass is 10.1. The Labute approximate surface area is 152 Å². The van der Waals surface area contributed by atoms with E-state index in [9.17, 15) is 39.9 Å². The molecule has 2 rings (SSSR count). The molecule has 7 N–H and O–H groups in total. The summed E-state index contributed by atoms with van der Waals surface area (Å²) in [6, 6.07) is 5.04. The van der Waals surface area contributed by atoms with Gasteiger partial charge in [-0.1, -0.05) is 0 Å². The molecule has 0 radical (unpaired) electrons. The van der Waals surface area contributed by atoms with Gasteiger partial charge in [-0.05, 0) is 36.4 Å². The van der Waals surface area contributed by atoms with Crippen LogP contribution in [-0.4, -0.2) is 55.9 Å². The van der Waals surface area contributed by atoms with Crippen LogP contribution >= 0.6 is 0 Å². The van der Waals surface area contributed by atoms with Crippen molar-refractivity contribution in [2.24, 2.45) is 0 Å². The number of carbonyl (C=O) groups is 3. The molecular weight excluding hydrogens is 360 g/mol. The lowest BCUT2D eigenvalue weighted by Crippen LogP contribution is -2.48. The van der Waals surface area contributed by atoms with Gasteiger partial charge < -0.3 is 36.2 Å². The van der Waals surface area contributed by atoms with Crippen LogP contribution in [0.5, 0.6) is 23.0 Å². The van der Waals surface area contributed by atoms with E-state index in [4.69, 9.17) is 0 Å². The predicted molar refractivity (Wildman–Crippen MR) is 90.8 cm³/mol. The Morgan fingerprint density at radius 1 is 0.778 bits per heavy atom. The fraction of sp³-hybridized carbons (Fsp3) is 0.118. The molecule has 0 saturated heterocycles. The van der Waals surface area contributed by atoms with Gasteiger partial charge in [0.15, 0.2) is 23.0 Å². The summed E-state index contributed by atoms with van der Waals surface area (Å²) in [6.45, 7) is -0.467. The number of nitrogens with one attached hydrogen (secondary N) is 2. The maximum absolute atomic E-state index is 12.1. The molecule has 0 aromatic heterocycles. The van der Waals surface area contributed by atoms with Gasteiger partial charge in [-0.2, -0.15) is 0 Å². The van der Waals surface area contributed by atoms with E-state index >= 15 is 0 Å². The number of aromatic hydroxyl groups is 4. The van der Waals surface area contributed by atoms with E-state index in [-0.39, 0.29) is 11.1 Å². The Hall–Kier alpha value is -3.95. The van der Waals surface area contributed by atoms with Crippen molar-refractivity contribution < 1.29 is 39.9 Å². The molecule has 0 aliphatic carbocycles. The Kier molecular flexibility index (Phi) is 5.71. The zero-order valence-electron chi connectivity index (χ0n) is 13.7. The average molecular weight is 376 g/mol. The van der Waals surface area contributed by atoms with E-state index < -0.39 is 53.4 Å². The summed E-state index contributed by atoms with van der Waals surface area (Å²) >= 11 is 0. The topological polar surface area (TPSA) is 176 Å². The smallest absolute Gasteiger partial charge is 0.328 e. The van der Waals surface area contributed by atoms with Gasteiger partial charge in [0.1, 0.15) is 6.04 Å². The number of hydrogen-bond acceptors (Lipinski definition) is 7. The Balaban J connectivity index is 2.03. The van der Waals surface area contributed by atoms with Crippen molar-refractivity contribution in [3.05, 3.63) is 47.5 Å². The van der Waals surface area contributed by atoms with Crippen molar-refractivity contribution in [1.82, 2.24) is 10.6 Å². The normalized spacial score (nSPS) is 11.4. The van der Waals surface area contributed by atoms with Gasteiger partial charge in [0.2, 0.25) is 0 Å². The lowest BCUT2D eigenvalue weighted by Gasteiger charge is -2.16. The van der Waals surface area contributed by atoms with Gasteiger partial charge in [0.05, 0.1) is 0 Å². The van der Waals surface area contributed by atoms with Gasteiger partial charge >= 0.3 is 5.97 Å². The Morgan fingerprint density at radius 2 is 1.26 bits per heavy atom. The van der Waals surface area contributed by atoms with Crippen molar-refractivity contribution in [1.29, 1.82) is 0 Å². The SMILES string of the molecule is O=C(NCC(NC(=O)c1ccc(O)c(O)c1)C(=O)O)c1ccc(O)c(O)c1. The molecule has 0 spiro atoms. The minimum Gasteiger partial charge on any atom is -0.504 e. The first-order valence-electron chi connectivity index (χ1n) is 7.55. The Morgan fingerprint density at radius 3 is 1.70 bits per heavy atom. The third-order valence-electron chi connectivity index (χ3n) is 3.55. The number of carboxylic acids is 1. The molecule has 2 aromatic rings. The van der Waals surface area contributed by atoms with E-state index in [2.05, 4.69) is 10.6 Å². The third kappa shape index (κ3) is 4.78. The largest absolute Gasteiger partial charge is 0.504 e. The number of aliphatic carboxylic acids is 1. The summed E-state index contributed by atoms with van der Waals surface area (Å²) in [4.78, 5) is 35.4. The molecule has 2 amide bonds. The fourth-order valence-corrected chi connectivity index (χ4v) is 2.07. The molecule has 0 fully saturated rings. The van der Waals surface area contributed by atoms with Crippen molar-refractivity contribution >= 4 is 17.8 Å². The highest BCUT2D eigenvalue weighted by atomic mass is 16.4. The van der Waals surface area contributed by atoms with Gasteiger partial charge in [-0.15, -0.1) is 0 Å². The van der Waals surface area contributed by atoms with Crippen LogP contribution in [0.2, 0.25) is 0 Å². The van der Waals surface area contributed by atoms with Crippen LogP contribution in [0.15, 0.2) is 36.4 Å². The molecule has 0 aliphatic rings. The summed E-state index contributed by atoms with van der Waals surface area (Å²) < 4.78 is 0. The maximum atomic E-state index is 12.1. The van der Waals surface area contributed by atoms with Crippen LogP contribution < -0.4 is 10.6 Å². The molecule has 0 saturated carbocycles. The third-order valence-corrected chi connectivity index (χ3v) is 3.55. The van der Waals surface area contributed by atoms with Gasteiger partial charge in [-0.25, -0.2) is 4.79 Å². The molecule has 0 heterocycles. The monoisotopic (exact) mass is 376 g/mol. The fourth-order valence-electron chi connectivity index (χ4n) is 2.07. The van der Waals surface area contributed by atoms with E-state index in [1.165, 1.54) is 12.1 Å². The molecule has 0 bridgehead atoms. The number of phenolic OH excluding ortho intramolecular Hbond substituents is 4. The van der Waals surface area contributed by atoms with Crippen molar-refractivity contribution in [2.45, 2.75) is 6.04 Å². The minimum absolute atomic E-state index is 0.0239. The number of phenols is 4. The molecule has 27 heavy (non-hydrogen) atoms. The standard InChI is InChI=1S/C17H16N2O8/c20-11-3-1-8(5-13(11)22)15(24)18-7-10(17(26)27)19-16(25)9-2-4-12(21)14(23)6-9/h1-6,10,20-23H,7H2,(H,18,24)(H,19,25)(H,26,27). The summed E-state index contributed by atoms with van der Waals surface area (Å²) in [5, 5.41) is 50.9. The lowest BCUT2D eigenvalue weighted by molar-refractivity contribution is -0.139. The van der Waals surface area contributed by atoms with Crippen LogP contribution in [0.3, 0.4) is 0 Å². The molecule has 10 nitrogen and oxygen atoms in total. The summed E-state index contributed by atoms with van der Waals surface area (Å²) in [5.41, 5.74) is -0.115.